The maximum atomic E-state index is 11.9. The van der Waals surface area contributed by atoms with Gasteiger partial charge in [-0.15, -0.1) is 0 Å². The molecule has 1 fully saturated rings. The van der Waals surface area contributed by atoms with E-state index in [-0.39, 0.29) is 11.7 Å². The van der Waals surface area contributed by atoms with E-state index in [9.17, 15) is 9.59 Å². The van der Waals surface area contributed by atoms with Crippen LogP contribution in [0.3, 0.4) is 0 Å². The first-order chi connectivity index (χ1) is 8.70. The Hall–Kier alpha value is -2.30. The number of carbonyl (C=O) groups excluding carboxylic acids is 2. The van der Waals surface area contributed by atoms with Gasteiger partial charge < -0.3 is 15.4 Å². The highest BCUT2D eigenvalue weighted by atomic mass is 16.5. The number of ketones is 1. The molecule has 2 N–H and O–H groups in total. The first kappa shape index (κ1) is 12.2. The molecule has 18 heavy (non-hydrogen) atoms. The third kappa shape index (κ3) is 2.68. The van der Waals surface area contributed by atoms with Gasteiger partial charge in [-0.1, -0.05) is 0 Å². The van der Waals surface area contributed by atoms with Crippen LogP contribution in [0.25, 0.3) is 0 Å². The fourth-order valence-corrected chi connectivity index (χ4v) is 1.63. The lowest BCUT2D eigenvalue weighted by Gasteiger charge is -2.16. The number of rotatable bonds is 3. The number of amides is 1. The number of methoxy groups -OCH3 is 1. The number of piperazine rings is 1. The molecule has 0 aliphatic carbocycles. The van der Waals surface area contributed by atoms with Crippen molar-refractivity contribution in [2.75, 3.05) is 20.2 Å². The van der Waals surface area contributed by atoms with Crippen LogP contribution in [0, 0.1) is 0 Å². The van der Waals surface area contributed by atoms with Crippen molar-refractivity contribution in [1.82, 2.24) is 10.6 Å². The number of nitrogens with one attached hydrogen (secondary N) is 2. The zero-order valence-corrected chi connectivity index (χ0v) is 10.0. The summed E-state index contributed by atoms with van der Waals surface area (Å²) >= 11 is 0. The molecule has 1 aliphatic heterocycles. The summed E-state index contributed by atoms with van der Waals surface area (Å²) in [5, 5.41) is 5.56. The van der Waals surface area contributed by atoms with Gasteiger partial charge in [-0.05, 0) is 24.3 Å². The first-order valence-electron chi connectivity index (χ1n) is 5.63. The topological polar surface area (TPSA) is 67.4 Å². The van der Waals surface area contributed by atoms with E-state index in [1.165, 1.54) is 6.08 Å². The monoisotopic (exact) mass is 246 g/mol. The van der Waals surface area contributed by atoms with Crippen LogP contribution in [0.4, 0.5) is 0 Å². The van der Waals surface area contributed by atoms with Crippen molar-refractivity contribution in [3.8, 4) is 5.75 Å². The molecule has 0 spiro atoms. The van der Waals surface area contributed by atoms with Crippen LogP contribution in [0.15, 0.2) is 36.0 Å². The minimum Gasteiger partial charge on any atom is -0.497 e. The van der Waals surface area contributed by atoms with Crippen molar-refractivity contribution in [2.45, 2.75) is 0 Å². The minimum atomic E-state index is -0.247. The van der Waals surface area contributed by atoms with Gasteiger partial charge in [-0.25, -0.2) is 0 Å². The molecule has 0 saturated carbocycles. The summed E-state index contributed by atoms with van der Waals surface area (Å²) in [6, 6.07) is 6.75. The van der Waals surface area contributed by atoms with Gasteiger partial charge in [0.05, 0.1) is 7.11 Å². The highest BCUT2D eigenvalue weighted by Gasteiger charge is 2.15. The second kappa shape index (κ2) is 5.35. The van der Waals surface area contributed by atoms with Crippen LogP contribution in [0.2, 0.25) is 0 Å². The molecule has 0 unspecified atom stereocenters. The molecule has 2 rings (SSSR count). The van der Waals surface area contributed by atoms with E-state index < -0.39 is 0 Å². The van der Waals surface area contributed by atoms with Crippen LogP contribution in [-0.2, 0) is 4.79 Å². The smallest absolute Gasteiger partial charge is 0.267 e. The average molecular weight is 246 g/mol. The SMILES string of the molecule is COc1ccc(C(=O)/C=C2\NCCNC2=O)cc1. The number of ether oxygens (including phenoxy) is 1. The predicted molar refractivity (Wildman–Crippen MR) is 66.4 cm³/mol. The zero-order chi connectivity index (χ0) is 13.0. The van der Waals surface area contributed by atoms with Crippen molar-refractivity contribution in [2.24, 2.45) is 0 Å². The molecule has 94 valence electrons. The standard InChI is InChI=1S/C13H14N2O3/c1-18-10-4-2-9(3-5-10)12(16)8-11-13(17)15-7-6-14-11/h2-5,8,14H,6-7H2,1H3,(H,15,17)/b11-8-. The number of hydrogen-bond acceptors (Lipinski definition) is 4. The molecular formula is C13H14N2O3. The lowest BCUT2D eigenvalue weighted by molar-refractivity contribution is -0.118. The van der Waals surface area contributed by atoms with Crippen LogP contribution in [-0.4, -0.2) is 31.9 Å². The van der Waals surface area contributed by atoms with E-state index in [4.69, 9.17) is 4.74 Å². The minimum absolute atomic E-state index is 0.211. The number of carbonyl (C=O) groups is 2. The lowest BCUT2D eigenvalue weighted by Crippen LogP contribution is -2.43. The lowest BCUT2D eigenvalue weighted by atomic mass is 10.1. The van der Waals surface area contributed by atoms with Gasteiger partial charge in [0.1, 0.15) is 11.4 Å². The summed E-state index contributed by atoms with van der Waals surface area (Å²) in [5.74, 6) is 0.230. The summed E-state index contributed by atoms with van der Waals surface area (Å²) in [6.07, 6.45) is 1.32. The quantitative estimate of drug-likeness (QED) is 0.601. The van der Waals surface area contributed by atoms with Crippen molar-refractivity contribution >= 4 is 11.7 Å². The predicted octanol–water partition coefficient (Wildman–Crippen LogP) is 0.481. The molecule has 1 saturated heterocycles. The second-order valence-corrected chi connectivity index (χ2v) is 3.83. The van der Waals surface area contributed by atoms with Crippen LogP contribution in [0.5, 0.6) is 5.75 Å². The van der Waals surface area contributed by atoms with E-state index >= 15 is 0 Å². The number of hydrogen-bond donors (Lipinski definition) is 2. The normalized spacial score (nSPS) is 16.9. The first-order valence-corrected chi connectivity index (χ1v) is 5.63. The third-order valence-corrected chi connectivity index (χ3v) is 2.62. The average Bonchev–Trinajstić information content (AvgIpc) is 2.41. The Morgan fingerprint density at radius 1 is 1.22 bits per heavy atom. The Balaban J connectivity index is 2.15. The van der Waals surface area contributed by atoms with Crippen LogP contribution >= 0.6 is 0 Å². The van der Waals surface area contributed by atoms with Gasteiger partial charge >= 0.3 is 0 Å². The van der Waals surface area contributed by atoms with Gasteiger partial charge in [0.25, 0.3) is 5.91 Å². The van der Waals surface area contributed by atoms with Gasteiger partial charge in [-0.2, -0.15) is 0 Å². The van der Waals surface area contributed by atoms with Crippen molar-refractivity contribution in [1.29, 1.82) is 0 Å². The van der Waals surface area contributed by atoms with Crippen molar-refractivity contribution in [3.63, 3.8) is 0 Å². The molecule has 0 aromatic heterocycles. The molecule has 5 heteroatoms. The van der Waals surface area contributed by atoms with E-state index in [1.54, 1.807) is 31.4 Å². The van der Waals surface area contributed by atoms with Gasteiger partial charge in [-0.3, -0.25) is 9.59 Å². The number of allylic oxidation sites excluding steroid dienone is 1. The maximum Gasteiger partial charge on any atom is 0.267 e. The highest BCUT2D eigenvalue weighted by Crippen LogP contribution is 2.12. The van der Waals surface area contributed by atoms with Crippen molar-refractivity contribution in [3.05, 3.63) is 41.6 Å². The molecular weight excluding hydrogens is 232 g/mol. The summed E-state index contributed by atoms with van der Waals surface area (Å²) < 4.78 is 5.01. The van der Waals surface area contributed by atoms with E-state index in [1.807, 2.05) is 0 Å². The Kier molecular flexibility index (Phi) is 3.62. The Labute approximate surface area is 105 Å². The molecule has 1 heterocycles. The Morgan fingerprint density at radius 2 is 1.89 bits per heavy atom. The molecule has 0 radical (unpaired) electrons. The van der Waals surface area contributed by atoms with E-state index in [2.05, 4.69) is 10.6 Å². The summed E-state index contributed by atoms with van der Waals surface area (Å²) in [7, 11) is 1.56. The van der Waals surface area contributed by atoms with E-state index in [0.29, 0.717) is 30.1 Å². The summed E-state index contributed by atoms with van der Waals surface area (Å²) in [6.45, 7) is 1.21. The summed E-state index contributed by atoms with van der Waals surface area (Å²) in [5.41, 5.74) is 0.825. The second-order valence-electron chi connectivity index (χ2n) is 3.83. The molecule has 0 bridgehead atoms. The molecule has 0 atom stereocenters. The number of benzene rings is 1. The molecule has 1 aromatic rings. The van der Waals surface area contributed by atoms with Crippen molar-refractivity contribution < 1.29 is 14.3 Å². The fourth-order valence-electron chi connectivity index (χ4n) is 1.63. The summed E-state index contributed by atoms with van der Waals surface area (Å²) in [4.78, 5) is 23.4. The Bertz CT molecular complexity index is 491. The zero-order valence-electron chi connectivity index (χ0n) is 10.0. The molecule has 1 amide bonds. The van der Waals surface area contributed by atoms with Crippen LogP contribution in [0.1, 0.15) is 10.4 Å². The van der Waals surface area contributed by atoms with Crippen LogP contribution < -0.4 is 15.4 Å². The molecule has 1 aromatic carbocycles. The Morgan fingerprint density at radius 3 is 2.50 bits per heavy atom. The molecule has 1 aliphatic rings. The van der Waals surface area contributed by atoms with E-state index in [0.717, 1.165) is 0 Å². The van der Waals surface area contributed by atoms with Gasteiger partial charge in [0.15, 0.2) is 5.78 Å². The maximum absolute atomic E-state index is 11.9. The highest BCUT2D eigenvalue weighted by molar-refractivity contribution is 6.09. The fraction of sp³-hybridized carbons (Fsp3) is 0.231. The third-order valence-electron chi connectivity index (χ3n) is 2.62. The van der Waals surface area contributed by atoms with Gasteiger partial charge in [0, 0.05) is 24.7 Å². The molecule has 5 nitrogen and oxygen atoms in total. The van der Waals surface area contributed by atoms with Gasteiger partial charge in [0.2, 0.25) is 0 Å². The largest absolute Gasteiger partial charge is 0.497 e.